The lowest BCUT2D eigenvalue weighted by molar-refractivity contribution is -0.142. The highest BCUT2D eigenvalue weighted by Gasteiger charge is 2.31. The molecule has 5 heteroatoms. The van der Waals surface area contributed by atoms with E-state index in [0.717, 1.165) is 17.2 Å². The molecule has 0 aliphatic carbocycles. The average molecular weight is 351 g/mol. The minimum absolute atomic E-state index is 0.223. The summed E-state index contributed by atoms with van der Waals surface area (Å²) in [5.41, 5.74) is 1.15. The van der Waals surface area contributed by atoms with E-state index in [1.165, 1.54) is 11.0 Å². The fraction of sp³-hybridized carbons (Fsp3) is 0.286. The standard InChI is InChI=1S/C21H21NO4/c1-2-14-26-18(23)12-4-3-5-13-22-20(24)16-10-6-8-15-9-7-11-17(19(15)16)21(22)25/h2,6-11H,1,3-5,12-14H2. The van der Waals surface area contributed by atoms with Crippen LogP contribution in [-0.4, -0.2) is 35.8 Å². The molecule has 0 N–H and O–H groups in total. The van der Waals surface area contributed by atoms with Crippen molar-refractivity contribution in [3.05, 3.63) is 60.2 Å². The fourth-order valence-corrected chi connectivity index (χ4v) is 3.22. The molecule has 26 heavy (non-hydrogen) atoms. The van der Waals surface area contributed by atoms with Gasteiger partial charge in [-0.05, 0) is 30.4 Å². The number of imide groups is 1. The number of rotatable bonds is 8. The van der Waals surface area contributed by atoms with Crippen molar-refractivity contribution < 1.29 is 19.1 Å². The fourth-order valence-electron chi connectivity index (χ4n) is 3.22. The van der Waals surface area contributed by atoms with Crippen LogP contribution in [0.3, 0.4) is 0 Å². The summed E-state index contributed by atoms with van der Waals surface area (Å²) in [6.45, 7) is 4.07. The summed E-state index contributed by atoms with van der Waals surface area (Å²) in [5.74, 6) is -0.745. The molecule has 2 aromatic rings. The van der Waals surface area contributed by atoms with E-state index in [0.29, 0.717) is 36.9 Å². The first-order chi connectivity index (χ1) is 12.6. The number of hydrogen-bond donors (Lipinski definition) is 0. The lowest BCUT2D eigenvalue weighted by Gasteiger charge is -2.27. The predicted octanol–water partition coefficient (Wildman–Crippen LogP) is 3.73. The Hall–Kier alpha value is -2.95. The molecule has 0 fully saturated rings. The second-order valence-corrected chi connectivity index (χ2v) is 6.25. The molecule has 0 saturated heterocycles. The zero-order valence-corrected chi connectivity index (χ0v) is 14.6. The summed E-state index contributed by atoms with van der Waals surface area (Å²) in [6, 6.07) is 11.0. The molecule has 0 unspecified atom stereocenters. The normalized spacial score (nSPS) is 13.2. The van der Waals surface area contributed by atoms with Gasteiger partial charge in [-0.25, -0.2) is 0 Å². The summed E-state index contributed by atoms with van der Waals surface area (Å²) in [4.78, 5) is 38.2. The molecule has 0 atom stereocenters. The Bertz CT molecular complexity index is 821. The van der Waals surface area contributed by atoms with Crippen molar-refractivity contribution in [2.24, 2.45) is 0 Å². The van der Waals surface area contributed by atoms with E-state index in [4.69, 9.17) is 4.74 Å². The molecule has 2 aromatic carbocycles. The molecule has 5 nitrogen and oxygen atoms in total. The Balaban J connectivity index is 1.60. The van der Waals surface area contributed by atoms with Gasteiger partial charge in [0.2, 0.25) is 0 Å². The SMILES string of the molecule is C=CCOC(=O)CCCCCN1C(=O)c2cccc3cccc(c23)C1=O. The second kappa shape index (κ2) is 7.95. The largest absolute Gasteiger partial charge is 0.461 e. The summed E-state index contributed by atoms with van der Waals surface area (Å²) in [6.07, 6.45) is 3.93. The third-order valence-corrected chi connectivity index (χ3v) is 4.48. The van der Waals surface area contributed by atoms with Crippen molar-refractivity contribution in [1.82, 2.24) is 4.90 Å². The summed E-state index contributed by atoms with van der Waals surface area (Å²) in [5, 5.41) is 1.64. The Morgan fingerprint density at radius 2 is 1.65 bits per heavy atom. The highest BCUT2D eigenvalue weighted by Crippen LogP contribution is 2.30. The molecule has 134 valence electrons. The first-order valence-corrected chi connectivity index (χ1v) is 8.78. The van der Waals surface area contributed by atoms with Gasteiger partial charge in [-0.2, -0.15) is 0 Å². The summed E-state index contributed by atoms with van der Waals surface area (Å²) < 4.78 is 4.92. The van der Waals surface area contributed by atoms with Crippen LogP contribution in [0.15, 0.2) is 49.1 Å². The number of benzene rings is 2. The third kappa shape index (κ3) is 3.52. The topological polar surface area (TPSA) is 63.7 Å². The zero-order chi connectivity index (χ0) is 18.5. The van der Waals surface area contributed by atoms with Crippen LogP contribution in [0.5, 0.6) is 0 Å². The van der Waals surface area contributed by atoms with Crippen molar-refractivity contribution in [3.63, 3.8) is 0 Å². The second-order valence-electron chi connectivity index (χ2n) is 6.25. The van der Waals surface area contributed by atoms with E-state index < -0.39 is 0 Å². The molecule has 1 aliphatic rings. The monoisotopic (exact) mass is 351 g/mol. The van der Waals surface area contributed by atoms with Crippen LogP contribution in [0.25, 0.3) is 10.8 Å². The smallest absolute Gasteiger partial charge is 0.306 e. The Morgan fingerprint density at radius 1 is 1.00 bits per heavy atom. The zero-order valence-electron chi connectivity index (χ0n) is 14.6. The Labute approximate surface area is 152 Å². The molecular formula is C21H21NO4. The number of carbonyl (C=O) groups is 3. The van der Waals surface area contributed by atoms with Gasteiger partial charge >= 0.3 is 5.97 Å². The molecule has 0 saturated carbocycles. The molecular weight excluding hydrogens is 330 g/mol. The maximum absolute atomic E-state index is 12.7. The lowest BCUT2D eigenvalue weighted by Crippen LogP contribution is -2.40. The van der Waals surface area contributed by atoms with Crippen LogP contribution in [0.2, 0.25) is 0 Å². The quantitative estimate of drug-likeness (QED) is 0.315. The van der Waals surface area contributed by atoms with Crippen LogP contribution >= 0.6 is 0 Å². The van der Waals surface area contributed by atoms with E-state index in [2.05, 4.69) is 6.58 Å². The third-order valence-electron chi connectivity index (χ3n) is 4.48. The maximum atomic E-state index is 12.7. The average Bonchev–Trinajstić information content (AvgIpc) is 2.66. The highest BCUT2D eigenvalue weighted by atomic mass is 16.5. The minimum Gasteiger partial charge on any atom is -0.461 e. The molecule has 1 heterocycles. The van der Waals surface area contributed by atoms with Gasteiger partial charge in [0.25, 0.3) is 11.8 Å². The maximum Gasteiger partial charge on any atom is 0.306 e. The Morgan fingerprint density at radius 3 is 2.27 bits per heavy atom. The molecule has 0 bridgehead atoms. The van der Waals surface area contributed by atoms with Gasteiger partial charge in [0.15, 0.2) is 0 Å². The number of amides is 2. The molecule has 1 aliphatic heterocycles. The predicted molar refractivity (Wildman–Crippen MR) is 98.9 cm³/mol. The van der Waals surface area contributed by atoms with Gasteiger partial charge in [-0.1, -0.05) is 43.3 Å². The number of hydrogen-bond acceptors (Lipinski definition) is 4. The van der Waals surface area contributed by atoms with Crippen LogP contribution in [0, 0.1) is 0 Å². The van der Waals surface area contributed by atoms with Crippen molar-refractivity contribution in [2.75, 3.05) is 13.2 Å². The lowest BCUT2D eigenvalue weighted by atomic mass is 9.94. The van der Waals surface area contributed by atoms with E-state index >= 15 is 0 Å². The van der Waals surface area contributed by atoms with Crippen LogP contribution < -0.4 is 0 Å². The molecule has 0 spiro atoms. The highest BCUT2D eigenvalue weighted by molar-refractivity contribution is 6.25. The van der Waals surface area contributed by atoms with Crippen molar-refractivity contribution >= 4 is 28.6 Å². The summed E-state index contributed by atoms with van der Waals surface area (Å²) >= 11 is 0. The molecule has 3 rings (SSSR count). The number of carbonyl (C=O) groups excluding carboxylic acids is 3. The van der Waals surface area contributed by atoms with E-state index in [9.17, 15) is 14.4 Å². The van der Waals surface area contributed by atoms with E-state index in [-0.39, 0.29) is 24.4 Å². The van der Waals surface area contributed by atoms with Crippen LogP contribution in [0.1, 0.15) is 46.4 Å². The summed E-state index contributed by atoms with van der Waals surface area (Å²) in [7, 11) is 0. The number of ether oxygens (including phenoxy) is 1. The van der Waals surface area contributed by atoms with Gasteiger partial charge in [-0.3, -0.25) is 19.3 Å². The number of nitrogens with zero attached hydrogens (tertiary/aromatic N) is 1. The van der Waals surface area contributed by atoms with Crippen molar-refractivity contribution in [2.45, 2.75) is 25.7 Å². The molecule has 0 aromatic heterocycles. The number of esters is 1. The van der Waals surface area contributed by atoms with Crippen molar-refractivity contribution in [3.8, 4) is 0 Å². The van der Waals surface area contributed by atoms with Crippen LogP contribution in [0.4, 0.5) is 0 Å². The van der Waals surface area contributed by atoms with Gasteiger partial charge < -0.3 is 4.74 Å². The van der Waals surface area contributed by atoms with Gasteiger partial charge in [0.1, 0.15) is 6.61 Å². The van der Waals surface area contributed by atoms with E-state index in [1.54, 1.807) is 12.1 Å². The van der Waals surface area contributed by atoms with Gasteiger partial charge in [0.05, 0.1) is 0 Å². The van der Waals surface area contributed by atoms with E-state index in [1.807, 2.05) is 24.3 Å². The van der Waals surface area contributed by atoms with Crippen molar-refractivity contribution in [1.29, 1.82) is 0 Å². The minimum atomic E-state index is -0.254. The van der Waals surface area contributed by atoms with Gasteiger partial charge in [0, 0.05) is 29.5 Å². The number of unbranched alkanes of at least 4 members (excludes halogenated alkanes) is 2. The molecule has 0 radical (unpaired) electrons. The van der Waals surface area contributed by atoms with Crippen LogP contribution in [-0.2, 0) is 9.53 Å². The Kier molecular flexibility index (Phi) is 5.46. The molecule has 2 amide bonds. The first kappa shape index (κ1) is 17.9. The van der Waals surface area contributed by atoms with Gasteiger partial charge in [-0.15, -0.1) is 0 Å². The first-order valence-electron chi connectivity index (χ1n) is 8.78.